The Bertz CT molecular complexity index is 360. The third kappa shape index (κ3) is 4.61. The van der Waals surface area contributed by atoms with Gasteiger partial charge in [-0.05, 0) is 25.0 Å². The minimum atomic E-state index is 0.128. The highest BCUT2D eigenvalue weighted by Crippen LogP contribution is 2.07. The van der Waals surface area contributed by atoms with E-state index in [0.29, 0.717) is 18.9 Å². The van der Waals surface area contributed by atoms with E-state index >= 15 is 0 Å². The van der Waals surface area contributed by atoms with E-state index in [1.807, 2.05) is 19.9 Å². The van der Waals surface area contributed by atoms with Crippen LogP contribution in [0.5, 0.6) is 0 Å². The average molecular weight is 250 g/mol. The zero-order chi connectivity index (χ0) is 13.4. The average Bonchev–Trinajstić information content (AvgIpc) is 2.38. The Hall–Kier alpha value is -1.78. The SMILES string of the molecule is CCC(CC)C(=O)NCCNc1ccc(N)nc1. The zero-order valence-corrected chi connectivity index (χ0v) is 11.1. The Kier molecular flexibility index (Phi) is 5.97. The lowest BCUT2D eigenvalue weighted by Gasteiger charge is -2.13. The van der Waals surface area contributed by atoms with Crippen LogP contribution in [0.3, 0.4) is 0 Å². The van der Waals surface area contributed by atoms with Gasteiger partial charge in [0.05, 0.1) is 11.9 Å². The van der Waals surface area contributed by atoms with Gasteiger partial charge < -0.3 is 16.4 Å². The lowest BCUT2D eigenvalue weighted by Crippen LogP contribution is -2.33. The van der Waals surface area contributed by atoms with Crippen LogP contribution in [0.25, 0.3) is 0 Å². The van der Waals surface area contributed by atoms with Crippen molar-refractivity contribution >= 4 is 17.4 Å². The highest BCUT2D eigenvalue weighted by molar-refractivity contribution is 5.78. The molecule has 0 saturated carbocycles. The summed E-state index contributed by atoms with van der Waals surface area (Å²) < 4.78 is 0. The molecule has 5 nitrogen and oxygen atoms in total. The number of carbonyl (C=O) groups is 1. The topological polar surface area (TPSA) is 80.0 Å². The molecule has 5 heteroatoms. The maximum Gasteiger partial charge on any atom is 0.223 e. The molecular weight excluding hydrogens is 228 g/mol. The van der Waals surface area contributed by atoms with Gasteiger partial charge in [0, 0.05) is 19.0 Å². The minimum absolute atomic E-state index is 0.128. The predicted octanol–water partition coefficient (Wildman–Crippen LogP) is 1.63. The summed E-state index contributed by atoms with van der Waals surface area (Å²) in [7, 11) is 0. The molecule has 0 unspecified atom stereocenters. The van der Waals surface area contributed by atoms with E-state index in [1.54, 1.807) is 12.3 Å². The summed E-state index contributed by atoms with van der Waals surface area (Å²) in [6.45, 7) is 5.36. The van der Waals surface area contributed by atoms with Gasteiger partial charge in [-0.25, -0.2) is 4.98 Å². The third-order valence-corrected chi connectivity index (χ3v) is 2.90. The monoisotopic (exact) mass is 250 g/mol. The van der Waals surface area contributed by atoms with Crippen LogP contribution in [0.1, 0.15) is 26.7 Å². The first-order chi connectivity index (χ1) is 8.67. The van der Waals surface area contributed by atoms with Gasteiger partial charge in [-0.15, -0.1) is 0 Å². The van der Waals surface area contributed by atoms with Gasteiger partial charge in [0.15, 0.2) is 0 Å². The van der Waals surface area contributed by atoms with Crippen molar-refractivity contribution in [1.29, 1.82) is 0 Å². The number of amides is 1. The van der Waals surface area contributed by atoms with Crippen molar-refractivity contribution in [2.24, 2.45) is 5.92 Å². The number of nitrogens with one attached hydrogen (secondary N) is 2. The standard InChI is InChI=1S/C13H22N4O/c1-3-10(4-2)13(18)16-8-7-15-11-5-6-12(14)17-9-11/h5-6,9-10,15H,3-4,7-8H2,1-2H3,(H2,14,17)(H,16,18). The molecule has 0 aliphatic carbocycles. The molecule has 0 bridgehead atoms. The van der Waals surface area contributed by atoms with E-state index in [0.717, 1.165) is 18.5 Å². The third-order valence-electron chi connectivity index (χ3n) is 2.90. The van der Waals surface area contributed by atoms with Crippen molar-refractivity contribution < 1.29 is 4.79 Å². The highest BCUT2D eigenvalue weighted by atomic mass is 16.1. The molecule has 1 aromatic heterocycles. The lowest BCUT2D eigenvalue weighted by atomic mass is 10.0. The van der Waals surface area contributed by atoms with Crippen molar-refractivity contribution in [2.75, 3.05) is 24.1 Å². The van der Waals surface area contributed by atoms with Gasteiger partial charge in [-0.1, -0.05) is 13.8 Å². The fourth-order valence-corrected chi connectivity index (χ4v) is 1.71. The normalized spacial score (nSPS) is 10.4. The number of anilines is 2. The minimum Gasteiger partial charge on any atom is -0.384 e. The molecule has 0 spiro atoms. The summed E-state index contributed by atoms with van der Waals surface area (Å²) >= 11 is 0. The molecule has 0 aromatic carbocycles. The number of nitrogen functional groups attached to an aromatic ring is 1. The first-order valence-corrected chi connectivity index (χ1v) is 6.40. The van der Waals surface area contributed by atoms with Gasteiger partial charge in [0.25, 0.3) is 0 Å². The van der Waals surface area contributed by atoms with Gasteiger partial charge in [0.2, 0.25) is 5.91 Å². The molecule has 1 heterocycles. The molecule has 1 amide bonds. The van der Waals surface area contributed by atoms with Crippen LogP contribution in [0.2, 0.25) is 0 Å². The van der Waals surface area contributed by atoms with Crippen LogP contribution in [0.4, 0.5) is 11.5 Å². The Morgan fingerprint density at radius 2 is 2.06 bits per heavy atom. The number of rotatable bonds is 7. The molecule has 1 aromatic rings. The Morgan fingerprint density at radius 1 is 1.33 bits per heavy atom. The summed E-state index contributed by atoms with van der Waals surface area (Å²) in [4.78, 5) is 15.7. The smallest absolute Gasteiger partial charge is 0.223 e. The van der Waals surface area contributed by atoms with Crippen molar-refractivity contribution in [2.45, 2.75) is 26.7 Å². The van der Waals surface area contributed by atoms with E-state index < -0.39 is 0 Å². The first kappa shape index (κ1) is 14.3. The summed E-state index contributed by atoms with van der Waals surface area (Å²) in [5.41, 5.74) is 6.39. The van der Waals surface area contributed by atoms with Gasteiger partial charge in [0.1, 0.15) is 5.82 Å². The number of carbonyl (C=O) groups excluding carboxylic acids is 1. The van der Waals surface area contributed by atoms with Crippen molar-refractivity contribution in [1.82, 2.24) is 10.3 Å². The predicted molar refractivity (Wildman–Crippen MR) is 74.2 cm³/mol. The second-order valence-electron chi connectivity index (χ2n) is 4.20. The summed E-state index contributed by atoms with van der Waals surface area (Å²) in [6.07, 6.45) is 3.45. The van der Waals surface area contributed by atoms with E-state index in [-0.39, 0.29) is 11.8 Å². The largest absolute Gasteiger partial charge is 0.384 e. The number of aromatic nitrogens is 1. The molecule has 4 N–H and O–H groups in total. The van der Waals surface area contributed by atoms with E-state index in [9.17, 15) is 4.79 Å². The van der Waals surface area contributed by atoms with E-state index in [4.69, 9.17) is 5.73 Å². The number of hydrogen-bond donors (Lipinski definition) is 3. The molecule has 18 heavy (non-hydrogen) atoms. The number of nitrogens with two attached hydrogens (primary N) is 1. The van der Waals surface area contributed by atoms with Crippen LogP contribution < -0.4 is 16.4 Å². The highest BCUT2D eigenvalue weighted by Gasteiger charge is 2.12. The van der Waals surface area contributed by atoms with Gasteiger partial charge in [-0.2, -0.15) is 0 Å². The Morgan fingerprint density at radius 3 is 2.61 bits per heavy atom. The molecule has 0 saturated heterocycles. The molecular formula is C13H22N4O. The molecule has 0 atom stereocenters. The van der Waals surface area contributed by atoms with Crippen LogP contribution in [0.15, 0.2) is 18.3 Å². The fourth-order valence-electron chi connectivity index (χ4n) is 1.71. The van der Waals surface area contributed by atoms with Gasteiger partial charge in [-0.3, -0.25) is 4.79 Å². The van der Waals surface area contributed by atoms with Crippen molar-refractivity contribution in [3.63, 3.8) is 0 Å². The van der Waals surface area contributed by atoms with Crippen molar-refractivity contribution in [3.05, 3.63) is 18.3 Å². The van der Waals surface area contributed by atoms with Gasteiger partial charge >= 0.3 is 0 Å². The lowest BCUT2D eigenvalue weighted by molar-refractivity contribution is -0.125. The maximum absolute atomic E-state index is 11.7. The second kappa shape index (κ2) is 7.53. The van der Waals surface area contributed by atoms with Crippen LogP contribution in [0, 0.1) is 5.92 Å². The first-order valence-electron chi connectivity index (χ1n) is 6.40. The number of pyridine rings is 1. The number of hydrogen-bond acceptors (Lipinski definition) is 4. The molecule has 0 aliphatic heterocycles. The summed E-state index contributed by atoms with van der Waals surface area (Å²) in [5, 5.41) is 6.09. The Labute approximate surface area is 108 Å². The molecule has 0 fully saturated rings. The maximum atomic E-state index is 11.7. The molecule has 0 radical (unpaired) electrons. The second-order valence-corrected chi connectivity index (χ2v) is 4.20. The Balaban J connectivity index is 2.22. The quantitative estimate of drug-likeness (QED) is 0.642. The number of nitrogens with zero attached hydrogens (tertiary/aromatic N) is 1. The summed E-state index contributed by atoms with van der Waals surface area (Å²) in [5.74, 6) is 0.767. The van der Waals surface area contributed by atoms with Crippen LogP contribution in [-0.4, -0.2) is 24.0 Å². The fraction of sp³-hybridized carbons (Fsp3) is 0.538. The molecule has 1 rings (SSSR count). The van der Waals surface area contributed by atoms with Crippen molar-refractivity contribution in [3.8, 4) is 0 Å². The van der Waals surface area contributed by atoms with E-state index in [1.165, 1.54) is 0 Å². The van der Waals surface area contributed by atoms with Crippen LogP contribution in [-0.2, 0) is 4.79 Å². The molecule has 100 valence electrons. The van der Waals surface area contributed by atoms with E-state index in [2.05, 4.69) is 15.6 Å². The zero-order valence-electron chi connectivity index (χ0n) is 11.1. The molecule has 0 aliphatic rings. The van der Waals surface area contributed by atoms with Crippen LogP contribution >= 0.6 is 0 Å². The summed E-state index contributed by atoms with van der Waals surface area (Å²) in [6, 6.07) is 3.61.